The minimum atomic E-state index is -4.74. The van der Waals surface area contributed by atoms with E-state index >= 15 is 0 Å². The smallest absolute Gasteiger partial charge is 0.379 e. The molecule has 12 heavy (non-hydrogen) atoms. The monoisotopic (exact) mass is 199 g/mol. The van der Waals surface area contributed by atoms with Crippen molar-refractivity contribution in [2.24, 2.45) is 0 Å². The third-order valence-corrected chi connectivity index (χ3v) is 2.60. The number of carbonyl (C=O) groups excluding carboxylic acids is 1. The Morgan fingerprint density at radius 3 is 1.92 bits per heavy atom. The summed E-state index contributed by atoms with van der Waals surface area (Å²) in [6, 6.07) is 0. The van der Waals surface area contributed by atoms with E-state index in [-0.39, 0.29) is 5.04 Å². The molecule has 0 fully saturated rings. The molecule has 0 aromatic rings. The Morgan fingerprint density at radius 2 is 1.67 bits per heavy atom. The molecule has 0 spiro atoms. The van der Waals surface area contributed by atoms with Crippen molar-refractivity contribution < 1.29 is 18.0 Å². The second-order valence-electron chi connectivity index (χ2n) is 3.74. The number of alkyl halides is 3. The molecule has 0 atom stereocenters. The van der Waals surface area contributed by atoms with Crippen LogP contribution in [-0.2, 0) is 4.79 Å². The van der Waals surface area contributed by atoms with E-state index in [2.05, 4.69) is 0 Å². The van der Waals surface area contributed by atoms with Gasteiger partial charge in [-0.15, -0.1) is 0 Å². The molecule has 0 aromatic heterocycles. The largest absolute Gasteiger partial charge is 0.470 e. The molecule has 0 radical (unpaired) electrons. The molecule has 0 aliphatic rings. The van der Waals surface area contributed by atoms with Crippen molar-refractivity contribution in [2.75, 3.05) is 0 Å². The molecule has 6 heteroatoms. The molecule has 0 aliphatic heterocycles. The molecule has 1 amide bonds. The second-order valence-corrected chi connectivity index (χ2v) is 6.57. The van der Waals surface area contributed by atoms with Gasteiger partial charge in [0, 0.05) is 0 Å². The Bertz CT molecular complexity index is 173. The van der Waals surface area contributed by atoms with E-state index in [9.17, 15) is 18.0 Å². The van der Waals surface area contributed by atoms with Gasteiger partial charge < -0.3 is 4.98 Å². The molecular weight excluding hydrogens is 187 g/mol. The van der Waals surface area contributed by atoms with E-state index in [0.29, 0.717) is 0 Å². The SMILES string of the molecule is CC(C)(C)[SiH2]NC(=O)C(F)(F)F. The van der Waals surface area contributed by atoms with Crippen molar-refractivity contribution in [1.29, 1.82) is 0 Å². The molecule has 0 aliphatic carbocycles. The maximum Gasteiger partial charge on any atom is 0.470 e. The first-order chi connectivity index (χ1) is 5.13. The molecule has 0 rings (SSSR count). The van der Waals surface area contributed by atoms with Gasteiger partial charge in [-0.2, -0.15) is 13.2 Å². The van der Waals surface area contributed by atoms with Gasteiger partial charge >= 0.3 is 12.1 Å². The average Bonchev–Trinajstić information content (AvgIpc) is 1.78. The molecule has 0 saturated carbocycles. The van der Waals surface area contributed by atoms with Crippen molar-refractivity contribution in [2.45, 2.75) is 32.0 Å². The van der Waals surface area contributed by atoms with E-state index < -0.39 is 21.8 Å². The van der Waals surface area contributed by atoms with Crippen LogP contribution < -0.4 is 4.98 Å². The van der Waals surface area contributed by atoms with E-state index in [4.69, 9.17) is 0 Å². The highest BCUT2D eigenvalue weighted by Gasteiger charge is 2.38. The highest BCUT2D eigenvalue weighted by molar-refractivity contribution is 6.41. The molecule has 0 unspecified atom stereocenters. The van der Waals surface area contributed by atoms with Gasteiger partial charge in [0.25, 0.3) is 0 Å². The predicted octanol–water partition coefficient (Wildman–Crippen LogP) is 0.967. The summed E-state index contributed by atoms with van der Waals surface area (Å²) in [6.45, 7) is 5.40. The van der Waals surface area contributed by atoms with Crippen LogP contribution in [0.1, 0.15) is 20.8 Å². The average molecular weight is 199 g/mol. The lowest BCUT2D eigenvalue weighted by molar-refractivity contribution is -0.171. The third kappa shape index (κ3) is 5.17. The van der Waals surface area contributed by atoms with Crippen molar-refractivity contribution in [3.8, 4) is 0 Å². The Hall–Kier alpha value is -0.523. The summed E-state index contributed by atoms with van der Waals surface area (Å²) in [4.78, 5) is 12.2. The molecule has 72 valence electrons. The predicted molar refractivity (Wildman–Crippen MR) is 42.5 cm³/mol. The van der Waals surface area contributed by atoms with Crippen LogP contribution in [0.5, 0.6) is 0 Å². The zero-order valence-corrected chi connectivity index (χ0v) is 8.66. The van der Waals surface area contributed by atoms with Gasteiger partial charge in [0.1, 0.15) is 9.68 Å². The number of carbonyl (C=O) groups is 1. The van der Waals surface area contributed by atoms with Crippen LogP contribution in [0.3, 0.4) is 0 Å². The molecule has 0 heterocycles. The molecule has 1 N–H and O–H groups in total. The number of hydrogen-bond donors (Lipinski definition) is 1. The van der Waals surface area contributed by atoms with Gasteiger partial charge in [0.15, 0.2) is 0 Å². The van der Waals surface area contributed by atoms with Crippen LogP contribution in [0.2, 0.25) is 5.04 Å². The number of amides is 1. The first kappa shape index (κ1) is 11.5. The van der Waals surface area contributed by atoms with E-state index in [1.807, 2.05) is 4.98 Å². The van der Waals surface area contributed by atoms with Crippen LogP contribution >= 0.6 is 0 Å². The van der Waals surface area contributed by atoms with Gasteiger partial charge in [-0.3, -0.25) is 4.79 Å². The summed E-state index contributed by atoms with van der Waals surface area (Å²) in [6.07, 6.45) is -4.74. The summed E-state index contributed by atoms with van der Waals surface area (Å²) in [5.74, 6) is -1.82. The molecule has 0 aromatic carbocycles. The van der Waals surface area contributed by atoms with Gasteiger partial charge in [-0.1, -0.05) is 20.8 Å². The number of nitrogens with one attached hydrogen (secondary N) is 1. The zero-order valence-electron chi connectivity index (χ0n) is 7.25. The van der Waals surface area contributed by atoms with Gasteiger partial charge in [0.2, 0.25) is 0 Å². The Labute approximate surface area is 71.4 Å². The normalized spacial score (nSPS) is 13.8. The Morgan fingerprint density at radius 1 is 1.25 bits per heavy atom. The van der Waals surface area contributed by atoms with E-state index in [1.165, 1.54) is 0 Å². The maximum absolute atomic E-state index is 11.6. The van der Waals surface area contributed by atoms with Crippen molar-refractivity contribution in [3.63, 3.8) is 0 Å². The van der Waals surface area contributed by atoms with Crippen LogP contribution in [0.15, 0.2) is 0 Å². The van der Waals surface area contributed by atoms with Crippen LogP contribution in [0, 0.1) is 0 Å². The van der Waals surface area contributed by atoms with Gasteiger partial charge in [0.05, 0.1) is 0 Å². The quantitative estimate of drug-likeness (QED) is 0.626. The van der Waals surface area contributed by atoms with Gasteiger partial charge in [-0.05, 0) is 5.04 Å². The molecule has 2 nitrogen and oxygen atoms in total. The first-order valence-electron chi connectivity index (χ1n) is 3.48. The molecule has 0 saturated heterocycles. The Kier molecular flexibility index (Phi) is 3.31. The van der Waals surface area contributed by atoms with Crippen molar-refractivity contribution in [3.05, 3.63) is 0 Å². The van der Waals surface area contributed by atoms with Crippen LogP contribution in [-0.4, -0.2) is 21.8 Å². The third-order valence-electron chi connectivity index (χ3n) is 1.04. The fourth-order valence-electron chi connectivity index (χ4n) is 0.446. The Balaban J connectivity index is 3.90. The van der Waals surface area contributed by atoms with E-state index in [0.717, 1.165) is 0 Å². The summed E-state index contributed by atoms with van der Waals surface area (Å²) in [7, 11) is -1.20. The van der Waals surface area contributed by atoms with Crippen molar-refractivity contribution in [1.82, 2.24) is 4.98 Å². The molecular formula is C6H12F3NOSi. The van der Waals surface area contributed by atoms with Crippen LogP contribution in [0.4, 0.5) is 13.2 Å². The zero-order chi connectivity index (χ0) is 9.99. The summed E-state index contributed by atoms with van der Waals surface area (Å²) >= 11 is 0. The topological polar surface area (TPSA) is 29.1 Å². The fraction of sp³-hybridized carbons (Fsp3) is 0.833. The number of halogens is 3. The minimum absolute atomic E-state index is 0.194. The minimum Gasteiger partial charge on any atom is -0.379 e. The first-order valence-corrected chi connectivity index (χ1v) is 4.89. The maximum atomic E-state index is 11.6. The van der Waals surface area contributed by atoms with Crippen LogP contribution in [0.25, 0.3) is 0 Å². The lowest BCUT2D eigenvalue weighted by Crippen LogP contribution is -2.41. The molecule has 0 bridgehead atoms. The lowest BCUT2D eigenvalue weighted by atomic mass is 10.3. The second kappa shape index (κ2) is 3.47. The number of rotatable bonds is 1. The standard InChI is InChI=1S/C6H12F3NOSi/c1-5(2,3)12-10-4(11)6(7,8)9/h12H2,1-3H3,(H,10,11). The number of hydrogen-bond acceptors (Lipinski definition) is 1. The fourth-order valence-corrected chi connectivity index (χ4v) is 1.34. The van der Waals surface area contributed by atoms with Crippen molar-refractivity contribution >= 4 is 15.6 Å². The van der Waals surface area contributed by atoms with E-state index in [1.54, 1.807) is 20.8 Å². The highest BCUT2D eigenvalue weighted by atomic mass is 28.2. The summed E-state index contributed by atoms with van der Waals surface area (Å²) < 4.78 is 34.9. The lowest BCUT2D eigenvalue weighted by Gasteiger charge is -2.18. The van der Waals surface area contributed by atoms with Gasteiger partial charge in [-0.25, -0.2) is 0 Å². The highest BCUT2D eigenvalue weighted by Crippen LogP contribution is 2.20. The summed E-state index contributed by atoms with van der Waals surface area (Å²) in [5.41, 5.74) is 0. The summed E-state index contributed by atoms with van der Waals surface area (Å²) in [5, 5.41) is -0.194.